The van der Waals surface area contributed by atoms with Crippen LogP contribution in [0.2, 0.25) is 0 Å². The third-order valence-electron chi connectivity index (χ3n) is 5.67. The summed E-state index contributed by atoms with van der Waals surface area (Å²) >= 11 is 0. The molecule has 1 aliphatic carbocycles. The summed E-state index contributed by atoms with van der Waals surface area (Å²) in [6.45, 7) is 5.17. The van der Waals surface area contributed by atoms with Crippen LogP contribution in [0.15, 0.2) is 29.3 Å². The van der Waals surface area contributed by atoms with Gasteiger partial charge in [-0.05, 0) is 44.7 Å². The standard InChI is InChI=1S/C22H34N4O2/c1-17-8-10-20(11-9-17)28-15-5-13-24-22(23-2)25-19-12-14-26(16-19)21(27)18-6-3-4-7-18/h8-11,18-19H,3-7,12-16H2,1-2H3,(H2,23,24,25). The SMILES string of the molecule is CN=C(NCCCOc1ccc(C)cc1)NC1CCN(C(=O)C2CCCC2)C1. The van der Waals surface area contributed by atoms with E-state index in [0.29, 0.717) is 12.5 Å². The fourth-order valence-corrected chi connectivity index (χ4v) is 4.00. The number of carbonyl (C=O) groups is 1. The Labute approximate surface area is 168 Å². The second-order valence-corrected chi connectivity index (χ2v) is 7.91. The number of likely N-dealkylation sites (tertiary alicyclic amines) is 1. The van der Waals surface area contributed by atoms with Gasteiger partial charge in [-0.2, -0.15) is 0 Å². The van der Waals surface area contributed by atoms with Gasteiger partial charge in [0.25, 0.3) is 0 Å². The Hall–Kier alpha value is -2.24. The van der Waals surface area contributed by atoms with Gasteiger partial charge in [0.1, 0.15) is 5.75 Å². The summed E-state index contributed by atoms with van der Waals surface area (Å²) in [6.07, 6.45) is 6.43. The molecule has 0 radical (unpaired) electrons. The van der Waals surface area contributed by atoms with Crippen LogP contribution in [-0.4, -0.2) is 56.1 Å². The zero-order valence-corrected chi connectivity index (χ0v) is 17.2. The van der Waals surface area contributed by atoms with E-state index in [2.05, 4.69) is 34.7 Å². The monoisotopic (exact) mass is 386 g/mol. The van der Waals surface area contributed by atoms with Crippen LogP contribution < -0.4 is 15.4 Å². The number of ether oxygens (including phenoxy) is 1. The molecule has 2 N–H and O–H groups in total. The van der Waals surface area contributed by atoms with E-state index in [0.717, 1.165) is 57.0 Å². The van der Waals surface area contributed by atoms with Crippen LogP contribution >= 0.6 is 0 Å². The van der Waals surface area contributed by atoms with E-state index >= 15 is 0 Å². The Morgan fingerprint density at radius 3 is 2.68 bits per heavy atom. The summed E-state index contributed by atoms with van der Waals surface area (Å²) in [5, 5.41) is 6.81. The highest BCUT2D eigenvalue weighted by Gasteiger charge is 2.32. The average Bonchev–Trinajstić information content (AvgIpc) is 3.40. The molecule has 0 aromatic heterocycles. The fourth-order valence-electron chi connectivity index (χ4n) is 4.00. The summed E-state index contributed by atoms with van der Waals surface area (Å²) in [5.41, 5.74) is 1.24. The molecule has 1 amide bonds. The van der Waals surface area contributed by atoms with Crippen molar-refractivity contribution in [1.82, 2.24) is 15.5 Å². The van der Waals surface area contributed by atoms with Crippen LogP contribution in [0.4, 0.5) is 0 Å². The van der Waals surface area contributed by atoms with Gasteiger partial charge in [0.15, 0.2) is 5.96 Å². The Morgan fingerprint density at radius 2 is 1.96 bits per heavy atom. The molecule has 2 fully saturated rings. The van der Waals surface area contributed by atoms with E-state index in [-0.39, 0.29) is 12.0 Å². The first-order valence-electron chi connectivity index (χ1n) is 10.6. The van der Waals surface area contributed by atoms with Crippen LogP contribution in [0, 0.1) is 12.8 Å². The molecular formula is C22H34N4O2. The number of nitrogens with zero attached hydrogens (tertiary/aromatic N) is 2. The van der Waals surface area contributed by atoms with Crippen molar-refractivity contribution in [2.75, 3.05) is 33.3 Å². The summed E-state index contributed by atoms with van der Waals surface area (Å²) < 4.78 is 5.75. The quantitative estimate of drug-likeness (QED) is 0.430. The second kappa shape index (κ2) is 10.3. The lowest BCUT2D eigenvalue weighted by Crippen LogP contribution is -2.45. The molecule has 6 nitrogen and oxygen atoms in total. The predicted octanol–water partition coefficient (Wildman–Crippen LogP) is 2.72. The zero-order valence-electron chi connectivity index (χ0n) is 17.2. The van der Waals surface area contributed by atoms with Crippen molar-refractivity contribution < 1.29 is 9.53 Å². The minimum Gasteiger partial charge on any atom is -0.494 e. The molecule has 1 unspecified atom stereocenters. The lowest BCUT2D eigenvalue weighted by Gasteiger charge is -2.21. The van der Waals surface area contributed by atoms with Gasteiger partial charge >= 0.3 is 0 Å². The van der Waals surface area contributed by atoms with Crippen molar-refractivity contribution >= 4 is 11.9 Å². The second-order valence-electron chi connectivity index (χ2n) is 7.91. The van der Waals surface area contributed by atoms with Crippen LogP contribution in [0.5, 0.6) is 5.75 Å². The smallest absolute Gasteiger partial charge is 0.225 e. The van der Waals surface area contributed by atoms with E-state index in [9.17, 15) is 4.79 Å². The molecule has 154 valence electrons. The number of hydrogen-bond acceptors (Lipinski definition) is 3. The molecule has 1 heterocycles. The summed E-state index contributed by atoms with van der Waals surface area (Å²) in [5.74, 6) is 2.34. The maximum atomic E-state index is 12.6. The Morgan fingerprint density at radius 1 is 1.21 bits per heavy atom. The van der Waals surface area contributed by atoms with Crippen LogP contribution in [0.25, 0.3) is 0 Å². The normalized spacial score (nSPS) is 20.4. The first-order chi connectivity index (χ1) is 13.7. The number of amides is 1. The highest BCUT2D eigenvalue weighted by atomic mass is 16.5. The highest BCUT2D eigenvalue weighted by Crippen LogP contribution is 2.27. The molecule has 0 bridgehead atoms. The van der Waals surface area contributed by atoms with Crippen molar-refractivity contribution in [2.45, 2.75) is 51.5 Å². The molecule has 0 spiro atoms. The van der Waals surface area contributed by atoms with Gasteiger partial charge in [-0.1, -0.05) is 30.5 Å². The first-order valence-corrected chi connectivity index (χ1v) is 10.6. The van der Waals surface area contributed by atoms with Crippen LogP contribution in [0.1, 0.15) is 44.1 Å². The molecular weight excluding hydrogens is 352 g/mol. The van der Waals surface area contributed by atoms with Crippen molar-refractivity contribution in [1.29, 1.82) is 0 Å². The average molecular weight is 387 g/mol. The third-order valence-corrected chi connectivity index (χ3v) is 5.67. The minimum absolute atomic E-state index is 0.268. The fraction of sp³-hybridized carbons (Fsp3) is 0.636. The molecule has 1 aromatic rings. The molecule has 6 heteroatoms. The Kier molecular flexibility index (Phi) is 7.57. The summed E-state index contributed by atoms with van der Waals surface area (Å²) in [6, 6.07) is 8.40. The van der Waals surface area contributed by atoms with Crippen molar-refractivity contribution in [2.24, 2.45) is 10.9 Å². The minimum atomic E-state index is 0.268. The maximum absolute atomic E-state index is 12.6. The number of aryl methyl sites for hydroxylation is 1. The number of nitrogens with one attached hydrogen (secondary N) is 2. The first kappa shape index (κ1) is 20.5. The predicted molar refractivity (Wildman–Crippen MR) is 113 cm³/mol. The number of guanidine groups is 1. The molecule has 1 atom stereocenters. The van der Waals surface area contributed by atoms with E-state index in [1.807, 2.05) is 17.0 Å². The number of benzene rings is 1. The van der Waals surface area contributed by atoms with Gasteiger partial charge in [0.2, 0.25) is 5.91 Å². The van der Waals surface area contributed by atoms with Gasteiger partial charge < -0.3 is 20.3 Å². The number of hydrogen-bond donors (Lipinski definition) is 2. The Bertz CT molecular complexity index is 653. The van der Waals surface area contributed by atoms with Gasteiger partial charge in [0, 0.05) is 38.6 Å². The number of carbonyl (C=O) groups excluding carboxylic acids is 1. The van der Waals surface area contributed by atoms with Gasteiger partial charge in [0.05, 0.1) is 6.61 Å². The van der Waals surface area contributed by atoms with E-state index in [4.69, 9.17) is 4.74 Å². The molecule has 1 aliphatic heterocycles. The Balaban J connectivity index is 1.32. The van der Waals surface area contributed by atoms with E-state index in [1.165, 1.54) is 18.4 Å². The lowest BCUT2D eigenvalue weighted by molar-refractivity contribution is -0.134. The number of aliphatic imine (C=N–C) groups is 1. The van der Waals surface area contributed by atoms with Crippen molar-refractivity contribution in [3.8, 4) is 5.75 Å². The lowest BCUT2D eigenvalue weighted by atomic mass is 10.1. The molecule has 2 aliphatic rings. The highest BCUT2D eigenvalue weighted by molar-refractivity contribution is 5.81. The summed E-state index contributed by atoms with van der Waals surface area (Å²) in [7, 11) is 1.79. The molecule has 3 rings (SSSR count). The molecule has 1 saturated heterocycles. The van der Waals surface area contributed by atoms with Crippen molar-refractivity contribution in [3.05, 3.63) is 29.8 Å². The molecule has 1 saturated carbocycles. The topological polar surface area (TPSA) is 66.0 Å². The largest absolute Gasteiger partial charge is 0.494 e. The van der Waals surface area contributed by atoms with Gasteiger partial charge in [-0.15, -0.1) is 0 Å². The van der Waals surface area contributed by atoms with Gasteiger partial charge in [-0.25, -0.2) is 0 Å². The zero-order chi connectivity index (χ0) is 19.8. The maximum Gasteiger partial charge on any atom is 0.225 e. The molecule has 1 aromatic carbocycles. The third kappa shape index (κ3) is 5.88. The van der Waals surface area contributed by atoms with E-state index < -0.39 is 0 Å². The van der Waals surface area contributed by atoms with Crippen molar-refractivity contribution in [3.63, 3.8) is 0 Å². The number of rotatable bonds is 7. The van der Waals surface area contributed by atoms with E-state index in [1.54, 1.807) is 7.05 Å². The molecule has 28 heavy (non-hydrogen) atoms. The summed E-state index contributed by atoms with van der Waals surface area (Å²) in [4.78, 5) is 18.9. The van der Waals surface area contributed by atoms with Crippen LogP contribution in [-0.2, 0) is 4.79 Å². The van der Waals surface area contributed by atoms with Gasteiger partial charge in [-0.3, -0.25) is 9.79 Å². The van der Waals surface area contributed by atoms with Crippen LogP contribution in [0.3, 0.4) is 0 Å².